The summed E-state index contributed by atoms with van der Waals surface area (Å²) in [5.74, 6) is 1.69. The second-order valence-electron chi connectivity index (χ2n) is 11.7. The van der Waals surface area contributed by atoms with Gasteiger partial charge in [-0.15, -0.1) is 0 Å². The quantitative estimate of drug-likeness (QED) is 0.597. The fourth-order valence-corrected chi connectivity index (χ4v) is 5.68. The van der Waals surface area contributed by atoms with Crippen LogP contribution in [-0.2, 0) is 16.0 Å². The van der Waals surface area contributed by atoms with Crippen molar-refractivity contribution >= 4 is 29.4 Å². The molecule has 1 unspecified atom stereocenters. The van der Waals surface area contributed by atoms with Crippen molar-refractivity contribution in [1.82, 2.24) is 10.3 Å². The van der Waals surface area contributed by atoms with Crippen molar-refractivity contribution in [3.8, 4) is 0 Å². The zero-order chi connectivity index (χ0) is 27.5. The van der Waals surface area contributed by atoms with Crippen molar-refractivity contribution in [3.63, 3.8) is 0 Å². The minimum atomic E-state index is -0.235. The molecule has 0 amide bonds. The molecule has 2 saturated heterocycles. The van der Waals surface area contributed by atoms with Crippen molar-refractivity contribution < 1.29 is 9.47 Å². The molecule has 39 heavy (non-hydrogen) atoms. The first-order chi connectivity index (χ1) is 18.8. The Hall–Kier alpha value is -3.01. The number of morpholine rings is 1. The summed E-state index contributed by atoms with van der Waals surface area (Å²) in [6, 6.07) is 14.9. The number of hydrogen-bond acceptors (Lipinski definition) is 9. The van der Waals surface area contributed by atoms with Crippen LogP contribution in [0.5, 0.6) is 0 Å². The van der Waals surface area contributed by atoms with Crippen LogP contribution in [0, 0.1) is 11.3 Å². The van der Waals surface area contributed by atoms with Crippen LogP contribution in [0.4, 0.5) is 17.2 Å². The number of ether oxygens (including phenoxy) is 2. The lowest BCUT2D eigenvalue weighted by molar-refractivity contribution is -0.127. The highest BCUT2D eigenvalue weighted by atomic mass is 16.5. The number of nitrogens with one attached hydrogen (secondary N) is 2. The monoisotopic (exact) mass is 533 g/mol. The molecule has 9 nitrogen and oxygen atoms in total. The summed E-state index contributed by atoms with van der Waals surface area (Å²) in [4.78, 5) is 19.6. The number of rotatable bonds is 5. The summed E-state index contributed by atoms with van der Waals surface area (Å²) in [5.41, 5.74) is 2.75. The van der Waals surface area contributed by atoms with Gasteiger partial charge in [-0.3, -0.25) is 0 Å². The van der Waals surface area contributed by atoms with E-state index in [2.05, 4.69) is 90.6 Å². The molecule has 9 heteroatoms. The molecule has 2 aromatic rings. The molecule has 210 valence electrons. The Morgan fingerprint density at radius 2 is 1.87 bits per heavy atom. The summed E-state index contributed by atoms with van der Waals surface area (Å²) in [5, 5.41) is 6.72. The van der Waals surface area contributed by atoms with Crippen molar-refractivity contribution in [1.29, 1.82) is 0 Å². The van der Waals surface area contributed by atoms with Gasteiger partial charge in [-0.1, -0.05) is 26.0 Å². The van der Waals surface area contributed by atoms with Crippen LogP contribution >= 0.6 is 0 Å². The zero-order valence-electron chi connectivity index (χ0n) is 24.0. The van der Waals surface area contributed by atoms with Crippen molar-refractivity contribution in [2.75, 3.05) is 61.7 Å². The largest absolute Gasteiger partial charge is 0.378 e. The van der Waals surface area contributed by atoms with Crippen LogP contribution in [0.3, 0.4) is 0 Å². The molecule has 5 rings (SSSR count). The Morgan fingerprint density at radius 3 is 2.67 bits per heavy atom. The highest BCUT2D eigenvalue weighted by Gasteiger charge is 2.49. The van der Waals surface area contributed by atoms with Crippen molar-refractivity contribution in [2.24, 2.45) is 21.3 Å². The van der Waals surface area contributed by atoms with Gasteiger partial charge in [-0.2, -0.15) is 0 Å². The topological polar surface area (TPSA) is 86.6 Å². The van der Waals surface area contributed by atoms with E-state index in [1.165, 1.54) is 5.69 Å². The van der Waals surface area contributed by atoms with Crippen LogP contribution in [0.15, 0.2) is 52.4 Å². The van der Waals surface area contributed by atoms with E-state index in [4.69, 9.17) is 24.4 Å². The van der Waals surface area contributed by atoms with Gasteiger partial charge >= 0.3 is 0 Å². The predicted molar refractivity (Wildman–Crippen MR) is 159 cm³/mol. The number of anilines is 3. The number of nitrogens with zero attached hydrogens (tertiary/aromatic N) is 5. The maximum atomic E-state index is 6.40. The number of pyridine rings is 1. The van der Waals surface area contributed by atoms with Gasteiger partial charge in [-0.25, -0.2) is 15.0 Å². The van der Waals surface area contributed by atoms with E-state index in [0.717, 1.165) is 49.9 Å². The molecule has 0 spiro atoms. The SMILES string of the molecule is CNCc1cccc(N2CN=C(Nc3cccc(N4CCOCC4)c3)N=CC(C)[C@@]3(C)COC(C)(C)C[C@@H]23)n1. The van der Waals surface area contributed by atoms with Crippen LogP contribution in [-0.4, -0.2) is 75.4 Å². The lowest BCUT2D eigenvalue weighted by Crippen LogP contribution is -2.59. The summed E-state index contributed by atoms with van der Waals surface area (Å²) >= 11 is 0. The van der Waals surface area contributed by atoms with Crippen LogP contribution in [0.1, 0.15) is 39.8 Å². The number of fused-ring (bicyclic) bond motifs is 1. The fourth-order valence-electron chi connectivity index (χ4n) is 5.68. The molecular weight excluding hydrogens is 490 g/mol. The average molecular weight is 534 g/mol. The molecule has 1 aromatic heterocycles. The summed E-state index contributed by atoms with van der Waals surface area (Å²) in [7, 11) is 1.95. The van der Waals surface area contributed by atoms with Crippen LogP contribution in [0.2, 0.25) is 0 Å². The lowest BCUT2D eigenvalue weighted by atomic mass is 9.67. The number of aliphatic imine (C=N–C) groups is 2. The van der Waals surface area contributed by atoms with Gasteiger partial charge in [0.25, 0.3) is 0 Å². The Morgan fingerprint density at radius 1 is 1.08 bits per heavy atom. The molecule has 3 atom stereocenters. The first-order valence-corrected chi connectivity index (χ1v) is 14.1. The summed E-state index contributed by atoms with van der Waals surface area (Å²) < 4.78 is 11.9. The van der Waals surface area contributed by atoms with E-state index in [1.54, 1.807) is 0 Å². The standard InChI is InChI=1S/C30H43N7O2/c1-22-18-32-28(35-23-8-6-10-25(16-23)36-12-14-38-15-13-36)33-21-37(27-11-7-9-24(34-27)19-31-5)26-17-29(2,3)39-20-30(22,26)4/h6-11,16,18,22,26,31H,12-15,17,19-21H2,1-5H3,(H,33,35)/t22?,26-,30-/m1/s1. The highest BCUT2D eigenvalue weighted by Crippen LogP contribution is 2.45. The maximum Gasteiger partial charge on any atom is 0.223 e. The van der Waals surface area contributed by atoms with E-state index in [9.17, 15) is 0 Å². The molecule has 0 radical (unpaired) electrons. The zero-order valence-corrected chi connectivity index (χ0v) is 24.0. The van der Waals surface area contributed by atoms with Gasteiger partial charge in [-0.05, 0) is 57.6 Å². The normalized spacial score (nSPS) is 27.2. The molecule has 0 bridgehead atoms. The Kier molecular flexibility index (Phi) is 8.21. The van der Waals surface area contributed by atoms with E-state index >= 15 is 0 Å². The highest BCUT2D eigenvalue weighted by molar-refractivity contribution is 5.99. The van der Waals surface area contributed by atoms with E-state index in [1.807, 2.05) is 13.3 Å². The van der Waals surface area contributed by atoms with Gasteiger partial charge in [0.1, 0.15) is 12.5 Å². The predicted octanol–water partition coefficient (Wildman–Crippen LogP) is 4.16. The number of benzene rings is 1. The summed E-state index contributed by atoms with van der Waals surface area (Å²) in [6.45, 7) is 14.0. The molecule has 2 N–H and O–H groups in total. The van der Waals surface area contributed by atoms with Crippen LogP contribution < -0.4 is 20.4 Å². The molecule has 1 aromatic carbocycles. The Balaban J connectivity index is 1.48. The van der Waals surface area contributed by atoms with Gasteiger partial charge in [0, 0.05) is 54.6 Å². The van der Waals surface area contributed by atoms with Gasteiger partial charge in [0.15, 0.2) is 0 Å². The van der Waals surface area contributed by atoms with Gasteiger partial charge in [0.05, 0.1) is 31.1 Å². The minimum absolute atomic E-state index is 0.159. The molecule has 0 aliphatic carbocycles. The maximum absolute atomic E-state index is 6.40. The number of hydrogen-bond donors (Lipinski definition) is 2. The van der Waals surface area contributed by atoms with E-state index in [0.29, 0.717) is 25.8 Å². The number of aromatic nitrogens is 1. The summed E-state index contributed by atoms with van der Waals surface area (Å²) in [6.07, 6.45) is 2.92. The van der Waals surface area contributed by atoms with Crippen molar-refractivity contribution in [2.45, 2.75) is 52.3 Å². The van der Waals surface area contributed by atoms with Gasteiger partial charge in [0.2, 0.25) is 5.96 Å². The Bertz CT molecular complexity index is 1190. The van der Waals surface area contributed by atoms with Crippen molar-refractivity contribution in [3.05, 3.63) is 48.2 Å². The fraction of sp³-hybridized carbons (Fsp3) is 0.567. The molecular formula is C30H43N7O2. The first kappa shape index (κ1) is 27.6. The first-order valence-electron chi connectivity index (χ1n) is 14.1. The Labute approximate surface area is 232 Å². The third-order valence-corrected chi connectivity index (χ3v) is 8.35. The second-order valence-corrected chi connectivity index (χ2v) is 11.7. The molecule has 0 saturated carbocycles. The van der Waals surface area contributed by atoms with E-state index < -0.39 is 0 Å². The van der Waals surface area contributed by atoms with Gasteiger partial charge < -0.3 is 29.9 Å². The molecule has 3 aliphatic heterocycles. The van der Waals surface area contributed by atoms with Crippen LogP contribution in [0.25, 0.3) is 0 Å². The molecule has 4 heterocycles. The minimum Gasteiger partial charge on any atom is -0.378 e. The molecule has 3 aliphatic rings. The third-order valence-electron chi connectivity index (χ3n) is 8.35. The number of guanidine groups is 1. The third kappa shape index (κ3) is 6.26. The van der Waals surface area contributed by atoms with E-state index in [-0.39, 0.29) is 23.0 Å². The smallest absolute Gasteiger partial charge is 0.223 e. The second kappa shape index (κ2) is 11.6. The average Bonchev–Trinajstić information content (AvgIpc) is 2.98. The lowest BCUT2D eigenvalue weighted by Gasteiger charge is -2.53. The molecule has 2 fully saturated rings.